The first-order valence-electron chi connectivity index (χ1n) is 9.44. The summed E-state index contributed by atoms with van der Waals surface area (Å²) < 4.78 is 13.6. The third-order valence-electron chi connectivity index (χ3n) is 5.18. The molecular formula is C19H22N6O3. The van der Waals surface area contributed by atoms with Gasteiger partial charge in [0.1, 0.15) is 22.9 Å². The molecule has 0 aromatic carbocycles. The van der Waals surface area contributed by atoms with Gasteiger partial charge in [0.15, 0.2) is 22.8 Å². The van der Waals surface area contributed by atoms with Crippen LogP contribution in [0.5, 0.6) is 5.75 Å². The second kappa shape index (κ2) is 6.39. The molecule has 3 aromatic heterocycles. The zero-order chi connectivity index (χ0) is 19.3. The van der Waals surface area contributed by atoms with Crippen molar-refractivity contribution in [2.45, 2.75) is 26.0 Å². The second-order valence-electron chi connectivity index (χ2n) is 7.49. The van der Waals surface area contributed by atoms with E-state index in [0.29, 0.717) is 37.9 Å². The Morgan fingerprint density at radius 1 is 1.04 bits per heavy atom. The van der Waals surface area contributed by atoms with Crippen LogP contribution in [-0.2, 0) is 21.6 Å². The maximum atomic E-state index is 9.56. The van der Waals surface area contributed by atoms with Gasteiger partial charge in [-0.1, -0.05) is 0 Å². The smallest absolute Gasteiger partial charge is 0.182 e. The molecule has 0 atom stereocenters. The highest BCUT2D eigenvalue weighted by molar-refractivity contribution is 5.86. The van der Waals surface area contributed by atoms with E-state index in [1.807, 2.05) is 13.8 Å². The molecule has 28 heavy (non-hydrogen) atoms. The van der Waals surface area contributed by atoms with Crippen molar-refractivity contribution in [1.29, 1.82) is 0 Å². The summed E-state index contributed by atoms with van der Waals surface area (Å²) in [6.45, 7) is 8.14. The van der Waals surface area contributed by atoms with E-state index in [4.69, 9.17) is 24.4 Å². The molecule has 0 unspecified atom stereocenters. The number of hydrogen-bond acceptors (Lipinski definition) is 8. The maximum absolute atomic E-state index is 9.56. The van der Waals surface area contributed by atoms with Crippen molar-refractivity contribution < 1.29 is 14.6 Å². The number of morpholine rings is 1. The zero-order valence-corrected chi connectivity index (χ0v) is 15.9. The topological polar surface area (TPSA) is 98.4 Å². The third-order valence-corrected chi connectivity index (χ3v) is 5.18. The highest BCUT2D eigenvalue weighted by Gasteiger charge is 2.34. The summed E-state index contributed by atoms with van der Waals surface area (Å²) in [7, 11) is 0. The lowest BCUT2D eigenvalue weighted by Crippen LogP contribution is -2.37. The van der Waals surface area contributed by atoms with Crippen LogP contribution < -0.4 is 4.90 Å². The van der Waals surface area contributed by atoms with Crippen LogP contribution >= 0.6 is 0 Å². The molecule has 2 aliphatic rings. The number of aromatic hydroxyl groups is 1. The molecule has 1 N–H and O–H groups in total. The summed E-state index contributed by atoms with van der Waals surface area (Å²) in [5.74, 6) is 2.27. The van der Waals surface area contributed by atoms with E-state index < -0.39 is 5.60 Å². The van der Waals surface area contributed by atoms with Crippen LogP contribution in [0.4, 0.5) is 5.82 Å². The van der Waals surface area contributed by atoms with Gasteiger partial charge >= 0.3 is 0 Å². The number of pyridine rings is 1. The molecule has 1 fully saturated rings. The van der Waals surface area contributed by atoms with Gasteiger partial charge < -0.3 is 24.0 Å². The standard InChI is InChI=1S/C19H22N6O3/c1-19(2)18-21-14-16(24-5-8-27-9-6-24)22-15(13-4-3-12(26)11-20-13)23-17(14)25(18)7-10-28-19/h3-4,11,26H,5-10H2,1-2H3. The number of rotatable bonds is 2. The first kappa shape index (κ1) is 17.3. The first-order valence-corrected chi connectivity index (χ1v) is 9.44. The highest BCUT2D eigenvalue weighted by Crippen LogP contribution is 2.34. The molecule has 5 heterocycles. The van der Waals surface area contributed by atoms with Crippen LogP contribution in [0, 0.1) is 0 Å². The third kappa shape index (κ3) is 2.78. The minimum absolute atomic E-state index is 0.110. The van der Waals surface area contributed by atoms with Crippen molar-refractivity contribution >= 4 is 17.0 Å². The minimum atomic E-state index is -0.488. The molecule has 0 spiro atoms. The van der Waals surface area contributed by atoms with Crippen LogP contribution in [0.1, 0.15) is 19.7 Å². The molecule has 5 rings (SSSR count). The number of ether oxygens (including phenoxy) is 2. The molecule has 3 aromatic rings. The fourth-order valence-corrected chi connectivity index (χ4v) is 3.74. The molecule has 1 saturated heterocycles. The lowest BCUT2D eigenvalue weighted by atomic mass is 10.1. The molecule has 0 radical (unpaired) electrons. The number of hydrogen-bond donors (Lipinski definition) is 1. The SMILES string of the molecule is CC1(C)OCCn2c1nc1c(N3CCOCC3)nc(-c3ccc(O)cn3)nc12. The fourth-order valence-electron chi connectivity index (χ4n) is 3.74. The average molecular weight is 382 g/mol. The minimum Gasteiger partial charge on any atom is -0.506 e. The maximum Gasteiger partial charge on any atom is 0.182 e. The van der Waals surface area contributed by atoms with E-state index >= 15 is 0 Å². The lowest BCUT2D eigenvalue weighted by Gasteiger charge is -2.30. The van der Waals surface area contributed by atoms with Gasteiger partial charge in [-0.3, -0.25) is 0 Å². The van der Waals surface area contributed by atoms with E-state index in [9.17, 15) is 5.11 Å². The summed E-state index contributed by atoms with van der Waals surface area (Å²) in [6.07, 6.45) is 1.40. The monoisotopic (exact) mass is 382 g/mol. The normalized spacial score (nSPS) is 19.0. The van der Waals surface area contributed by atoms with Crippen molar-refractivity contribution in [2.24, 2.45) is 0 Å². The largest absolute Gasteiger partial charge is 0.506 e. The van der Waals surface area contributed by atoms with Gasteiger partial charge in [0.25, 0.3) is 0 Å². The Bertz CT molecular complexity index is 1020. The predicted octanol–water partition coefficient (Wildman–Crippen LogP) is 1.70. The summed E-state index contributed by atoms with van der Waals surface area (Å²) in [4.78, 5) is 21.0. The van der Waals surface area contributed by atoms with Crippen molar-refractivity contribution in [3.63, 3.8) is 0 Å². The fraction of sp³-hybridized carbons (Fsp3) is 0.474. The number of nitrogens with zero attached hydrogens (tertiary/aromatic N) is 6. The summed E-state index contributed by atoms with van der Waals surface area (Å²) in [5, 5.41) is 9.56. The number of aromatic nitrogens is 5. The Kier molecular flexibility index (Phi) is 3.95. The van der Waals surface area contributed by atoms with E-state index in [1.54, 1.807) is 12.1 Å². The summed E-state index contributed by atoms with van der Waals surface area (Å²) >= 11 is 0. The molecule has 0 saturated carbocycles. The van der Waals surface area contributed by atoms with Gasteiger partial charge in [-0.15, -0.1) is 0 Å². The van der Waals surface area contributed by atoms with E-state index in [2.05, 4.69) is 14.5 Å². The second-order valence-corrected chi connectivity index (χ2v) is 7.49. The lowest BCUT2D eigenvalue weighted by molar-refractivity contribution is -0.0530. The summed E-state index contributed by atoms with van der Waals surface area (Å²) in [5.41, 5.74) is 1.68. The van der Waals surface area contributed by atoms with E-state index in [0.717, 1.165) is 35.9 Å². The van der Waals surface area contributed by atoms with Crippen LogP contribution in [0.3, 0.4) is 0 Å². The zero-order valence-electron chi connectivity index (χ0n) is 15.9. The Morgan fingerprint density at radius 2 is 1.86 bits per heavy atom. The van der Waals surface area contributed by atoms with Crippen molar-refractivity contribution in [3.8, 4) is 17.3 Å². The quantitative estimate of drug-likeness (QED) is 0.715. The number of anilines is 1. The molecule has 0 aliphatic carbocycles. The molecule has 0 amide bonds. The Morgan fingerprint density at radius 3 is 2.61 bits per heavy atom. The number of imidazole rings is 1. The average Bonchev–Trinajstić information content (AvgIpc) is 3.09. The summed E-state index contributed by atoms with van der Waals surface area (Å²) in [6, 6.07) is 3.31. The van der Waals surface area contributed by atoms with Crippen molar-refractivity contribution in [1.82, 2.24) is 24.5 Å². The van der Waals surface area contributed by atoms with Gasteiger partial charge in [0.05, 0.1) is 26.0 Å². The van der Waals surface area contributed by atoms with Crippen molar-refractivity contribution in [2.75, 3.05) is 37.8 Å². The molecule has 146 valence electrons. The van der Waals surface area contributed by atoms with Gasteiger partial charge in [0.2, 0.25) is 0 Å². The molecule has 9 heteroatoms. The first-order chi connectivity index (χ1) is 13.5. The molecule has 0 bridgehead atoms. The van der Waals surface area contributed by atoms with Crippen LogP contribution in [-0.4, -0.2) is 62.5 Å². The Balaban J connectivity index is 1.75. The van der Waals surface area contributed by atoms with Crippen LogP contribution in [0.25, 0.3) is 22.7 Å². The Hall–Kier alpha value is -2.78. The number of fused-ring (bicyclic) bond motifs is 3. The molecule has 2 aliphatic heterocycles. The van der Waals surface area contributed by atoms with E-state index in [-0.39, 0.29) is 5.75 Å². The predicted molar refractivity (Wildman–Crippen MR) is 102 cm³/mol. The Labute approximate surface area is 162 Å². The van der Waals surface area contributed by atoms with Gasteiger partial charge in [-0.05, 0) is 26.0 Å². The van der Waals surface area contributed by atoms with E-state index in [1.165, 1.54) is 6.20 Å². The molecule has 9 nitrogen and oxygen atoms in total. The highest BCUT2D eigenvalue weighted by atomic mass is 16.5. The van der Waals surface area contributed by atoms with Crippen LogP contribution in [0.15, 0.2) is 18.3 Å². The van der Waals surface area contributed by atoms with Gasteiger partial charge in [-0.2, -0.15) is 0 Å². The van der Waals surface area contributed by atoms with Crippen LogP contribution in [0.2, 0.25) is 0 Å². The molecular weight excluding hydrogens is 360 g/mol. The van der Waals surface area contributed by atoms with Crippen molar-refractivity contribution in [3.05, 3.63) is 24.2 Å². The van der Waals surface area contributed by atoms with Gasteiger partial charge in [-0.25, -0.2) is 19.9 Å². The van der Waals surface area contributed by atoms with Gasteiger partial charge in [0, 0.05) is 19.6 Å².